The molecule has 0 radical (unpaired) electrons. The van der Waals surface area contributed by atoms with E-state index in [1.807, 2.05) is 13.8 Å². The molecule has 0 spiro atoms. The van der Waals surface area contributed by atoms with Crippen LogP contribution in [0.15, 0.2) is 12.1 Å². The first-order valence-corrected chi connectivity index (χ1v) is 11.7. The van der Waals surface area contributed by atoms with Gasteiger partial charge < -0.3 is 26.2 Å². The van der Waals surface area contributed by atoms with E-state index in [1.165, 1.54) is 12.1 Å². The fraction of sp³-hybridized carbons (Fsp3) is 0.625. The summed E-state index contributed by atoms with van der Waals surface area (Å²) in [6.45, 7) is 10.3. The number of amides is 3. The number of phenols is 1. The molecule has 0 aromatic heterocycles. The van der Waals surface area contributed by atoms with E-state index < -0.39 is 11.5 Å². The van der Waals surface area contributed by atoms with Crippen molar-refractivity contribution in [1.29, 1.82) is 0 Å². The molecular formula is C24H36ClN3O5. The molecule has 3 rings (SSSR count). The predicted octanol–water partition coefficient (Wildman–Crippen LogP) is 5.60. The highest BCUT2D eigenvalue weighted by atomic mass is 35.5. The topological polar surface area (TPSA) is 128 Å². The number of hydrogen-bond donors (Lipinski definition) is 5. The van der Waals surface area contributed by atoms with Crippen molar-refractivity contribution >= 4 is 40.9 Å². The summed E-state index contributed by atoms with van der Waals surface area (Å²) in [5.41, 5.74) is 0.256. The first-order chi connectivity index (χ1) is 15.2. The fourth-order valence-corrected chi connectivity index (χ4v) is 4.06. The summed E-state index contributed by atoms with van der Waals surface area (Å²) in [6, 6.07) is 2.57. The lowest BCUT2D eigenvalue weighted by atomic mass is 9.82. The van der Waals surface area contributed by atoms with E-state index in [2.05, 4.69) is 36.7 Å². The number of carboxylic acids is 1. The van der Waals surface area contributed by atoms with Crippen molar-refractivity contribution in [2.75, 3.05) is 10.6 Å². The highest BCUT2D eigenvalue weighted by Crippen LogP contribution is 2.37. The molecule has 2 saturated carbocycles. The third-order valence-electron chi connectivity index (χ3n) is 5.41. The van der Waals surface area contributed by atoms with Crippen molar-refractivity contribution < 1.29 is 24.6 Å². The van der Waals surface area contributed by atoms with Crippen LogP contribution in [0.5, 0.6) is 5.75 Å². The van der Waals surface area contributed by atoms with Crippen LogP contribution in [0.25, 0.3) is 0 Å². The number of carbonyl (C=O) groups excluding carboxylic acids is 2. The van der Waals surface area contributed by atoms with Crippen LogP contribution in [-0.2, 0) is 9.59 Å². The van der Waals surface area contributed by atoms with Gasteiger partial charge in [0.2, 0.25) is 5.91 Å². The molecule has 1 aromatic rings. The number of nitrogens with one attached hydrogen (secondary N) is 3. The molecule has 0 saturated heterocycles. The van der Waals surface area contributed by atoms with Crippen LogP contribution in [0.3, 0.4) is 0 Å². The average Bonchev–Trinajstić information content (AvgIpc) is 3.39. The number of rotatable bonds is 6. The van der Waals surface area contributed by atoms with E-state index in [4.69, 9.17) is 16.7 Å². The van der Waals surface area contributed by atoms with E-state index in [0.29, 0.717) is 5.69 Å². The molecule has 2 aliphatic carbocycles. The van der Waals surface area contributed by atoms with Gasteiger partial charge in [0.25, 0.3) is 0 Å². The van der Waals surface area contributed by atoms with Gasteiger partial charge in [-0.3, -0.25) is 9.59 Å². The summed E-state index contributed by atoms with van der Waals surface area (Å²) in [4.78, 5) is 34.3. The number of halogens is 1. The molecule has 2 aliphatic rings. The van der Waals surface area contributed by atoms with E-state index in [1.54, 1.807) is 0 Å². The molecule has 0 atom stereocenters. The van der Waals surface area contributed by atoms with Gasteiger partial charge in [0.05, 0.1) is 16.6 Å². The molecule has 0 unspecified atom stereocenters. The van der Waals surface area contributed by atoms with Crippen LogP contribution < -0.4 is 16.0 Å². The third-order valence-corrected chi connectivity index (χ3v) is 5.69. The number of carbonyl (C=O) groups is 3. The fourth-order valence-electron chi connectivity index (χ4n) is 3.84. The number of urea groups is 1. The number of aromatic hydroxyl groups is 1. The lowest BCUT2D eigenvalue weighted by Gasteiger charge is -2.33. The standard InChI is InChI=1S/C19H28ClN3O3.C5H8O2/c1-18(2,3)10-19(4,5)23-17(26)21-12-8-13(20)15(24)14(9-12)22-16(25)11-6-7-11;6-5(7)4-2-1-3-4/h8-9,11,24H,6-7,10H2,1-5H3,(H,22,25)(H2,21,23,26);4H,1-3H2,(H,6,7). The van der Waals surface area contributed by atoms with E-state index in [9.17, 15) is 19.5 Å². The monoisotopic (exact) mass is 481 g/mol. The zero-order valence-corrected chi connectivity index (χ0v) is 20.8. The van der Waals surface area contributed by atoms with Crippen molar-refractivity contribution in [2.24, 2.45) is 17.3 Å². The van der Waals surface area contributed by atoms with Gasteiger partial charge in [-0.15, -0.1) is 0 Å². The van der Waals surface area contributed by atoms with Gasteiger partial charge in [0.1, 0.15) is 0 Å². The van der Waals surface area contributed by atoms with Crippen molar-refractivity contribution in [3.8, 4) is 5.75 Å². The molecule has 5 N–H and O–H groups in total. The Bertz CT molecular complexity index is 887. The summed E-state index contributed by atoms with van der Waals surface area (Å²) in [6.07, 6.45) is 5.40. The number of aliphatic carboxylic acids is 1. The minimum atomic E-state index is -0.619. The Hall–Kier alpha value is -2.48. The van der Waals surface area contributed by atoms with Crippen LogP contribution in [0, 0.1) is 17.3 Å². The van der Waals surface area contributed by atoms with E-state index in [-0.39, 0.29) is 45.6 Å². The maximum absolute atomic E-state index is 12.3. The van der Waals surface area contributed by atoms with Gasteiger partial charge in [0.15, 0.2) is 5.75 Å². The van der Waals surface area contributed by atoms with Crippen LogP contribution in [-0.4, -0.2) is 33.7 Å². The van der Waals surface area contributed by atoms with Gasteiger partial charge in [0, 0.05) is 17.1 Å². The molecule has 33 heavy (non-hydrogen) atoms. The Morgan fingerprint density at radius 3 is 2.03 bits per heavy atom. The summed E-state index contributed by atoms with van der Waals surface area (Å²) in [5.74, 6) is -0.985. The third kappa shape index (κ3) is 9.12. The quantitative estimate of drug-likeness (QED) is 0.267. The minimum Gasteiger partial charge on any atom is -0.504 e. The van der Waals surface area contributed by atoms with Gasteiger partial charge in [-0.25, -0.2) is 4.79 Å². The molecule has 0 heterocycles. The molecule has 2 fully saturated rings. The van der Waals surface area contributed by atoms with Gasteiger partial charge >= 0.3 is 12.0 Å². The second kappa shape index (κ2) is 10.6. The predicted molar refractivity (Wildman–Crippen MR) is 130 cm³/mol. The number of carboxylic acid groups (broad SMARTS) is 1. The lowest BCUT2D eigenvalue weighted by molar-refractivity contribution is -0.144. The second-order valence-corrected chi connectivity index (χ2v) is 11.2. The van der Waals surface area contributed by atoms with Crippen molar-refractivity contribution in [3.63, 3.8) is 0 Å². The molecule has 1 aromatic carbocycles. The lowest BCUT2D eigenvalue weighted by Crippen LogP contribution is -2.47. The summed E-state index contributed by atoms with van der Waals surface area (Å²) < 4.78 is 0. The number of phenolic OH excluding ortho intramolecular Hbond substituents is 1. The Balaban J connectivity index is 0.000000468. The van der Waals surface area contributed by atoms with Gasteiger partial charge in [-0.1, -0.05) is 38.8 Å². The Labute approximate surface area is 200 Å². The smallest absolute Gasteiger partial charge is 0.319 e. The maximum atomic E-state index is 12.3. The number of benzene rings is 1. The van der Waals surface area contributed by atoms with Crippen molar-refractivity contribution in [3.05, 3.63) is 17.2 Å². The van der Waals surface area contributed by atoms with E-state index in [0.717, 1.165) is 38.5 Å². The summed E-state index contributed by atoms with van der Waals surface area (Å²) in [7, 11) is 0. The van der Waals surface area contributed by atoms with Gasteiger partial charge in [-0.05, 0) is 63.5 Å². The number of hydrogen-bond acceptors (Lipinski definition) is 4. The highest BCUT2D eigenvalue weighted by molar-refractivity contribution is 6.33. The average molecular weight is 482 g/mol. The largest absolute Gasteiger partial charge is 0.504 e. The molecule has 184 valence electrons. The van der Waals surface area contributed by atoms with Crippen LogP contribution in [0.4, 0.5) is 16.2 Å². The first kappa shape index (κ1) is 26.8. The van der Waals surface area contributed by atoms with Crippen LogP contribution >= 0.6 is 11.6 Å². The van der Waals surface area contributed by atoms with Crippen molar-refractivity contribution in [1.82, 2.24) is 5.32 Å². The Morgan fingerprint density at radius 1 is 1.00 bits per heavy atom. The Kier molecular flexibility index (Phi) is 8.63. The molecule has 0 bridgehead atoms. The van der Waals surface area contributed by atoms with Crippen molar-refractivity contribution in [2.45, 2.75) is 78.7 Å². The Morgan fingerprint density at radius 2 is 1.61 bits per heavy atom. The van der Waals surface area contributed by atoms with Crippen LogP contribution in [0.1, 0.15) is 73.1 Å². The minimum absolute atomic E-state index is 0.000000000000000444. The maximum Gasteiger partial charge on any atom is 0.319 e. The highest BCUT2D eigenvalue weighted by Gasteiger charge is 2.30. The van der Waals surface area contributed by atoms with Gasteiger partial charge in [-0.2, -0.15) is 0 Å². The normalized spacial score (nSPS) is 16.1. The SMILES string of the molecule is CC(C)(C)CC(C)(C)NC(=O)Nc1cc(Cl)c(O)c(NC(=O)C2CC2)c1.O=C(O)C1CCC1. The zero-order chi connectivity index (χ0) is 25.0. The molecule has 0 aliphatic heterocycles. The van der Waals surface area contributed by atoms with E-state index >= 15 is 0 Å². The molecule has 8 nitrogen and oxygen atoms in total. The summed E-state index contributed by atoms with van der Waals surface area (Å²) in [5, 5.41) is 26.7. The molecule has 9 heteroatoms. The second-order valence-electron chi connectivity index (χ2n) is 10.8. The van der Waals surface area contributed by atoms with Crippen LogP contribution in [0.2, 0.25) is 5.02 Å². The molecule has 3 amide bonds. The zero-order valence-electron chi connectivity index (χ0n) is 20.0. The summed E-state index contributed by atoms with van der Waals surface area (Å²) >= 11 is 6.03. The molecular weight excluding hydrogens is 446 g/mol. The first-order valence-electron chi connectivity index (χ1n) is 11.3. The number of anilines is 2.